The molecule has 1 aromatic heterocycles. The second kappa shape index (κ2) is 11.0. The fourth-order valence-electron chi connectivity index (χ4n) is 1.42. The molecule has 1 aromatic rings. The van der Waals surface area contributed by atoms with Crippen LogP contribution < -0.4 is 15.4 Å². The second-order valence-corrected chi connectivity index (χ2v) is 4.29. The van der Waals surface area contributed by atoms with E-state index in [-0.39, 0.29) is 29.8 Å². The Morgan fingerprint density at radius 3 is 2.57 bits per heavy atom. The first-order valence-electron chi connectivity index (χ1n) is 6.56. The third kappa shape index (κ3) is 9.93. The SMILES string of the molecule is COCCNCCNC(=O)c1ccc(OCC(F)(F)F)nc1.Cl. The predicted molar refractivity (Wildman–Crippen MR) is 80.1 cm³/mol. The van der Waals surface area contributed by atoms with E-state index in [0.717, 1.165) is 0 Å². The fraction of sp³-hybridized carbons (Fsp3) is 0.538. The molecule has 0 saturated heterocycles. The number of nitrogens with one attached hydrogen (secondary N) is 2. The molecule has 0 radical (unpaired) electrons. The molecule has 6 nitrogen and oxygen atoms in total. The molecule has 0 atom stereocenters. The zero-order valence-electron chi connectivity index (χ0n) is 12.5. The van der Waals surface area contributed by atoms with E-state index in [1.807, 2.05) is 0 Å². The van der Waals surface area contributed by atoms with Gasteiger partial charge in [-0.1, -0.05) is 0 Å². The Hall–Kier alpha value is -1.58. The van der Waals surface area contributed by atoms with Crippen molar-refractivity contribution in [1.82, 2.24) is 15.6 Å². The van der Waals surface area contributed by atoms with Crippen molar-refractivity contribution in [2.45, 2.75) is 6.18 Å². The highest BCUT2D eigenvalue weighted by atomic mass is 35.5. The van der Waals surface area contributed by atoms with Crippen molar-refractivity contribution in [1.29, 1.82) is 0 Å². The lowest BCUT2D eigenvalue weighted by atomic mass is 10.2. The Bertz CT molecular complexity index is 458. The molecular formula is C13H19ClF3N3O3. The number of halogens is 4. The number of alkyl halides is 3. The molecule has 0 spiro atoms. The van der Waals surface area contributed by atoms with Crippen LogP contribution in [0.3, 0.4) is 0 Å². The highest BCUT2D eigenvalue weighted by Gasteiger charge is 2.28. The molecule has 0 aromatic carbocycles. The molecule has 132 valence electrons. The average molecular weight is 358 g/mol. The summed E-state index contributed by atoms with van der Waals surface area (Å²) in [6.07, 6.45) is -3.26. The van der Waals surface area contributed by atoms with Crippen molar-refractivity contribution in [2.75, 3.05) is 40.0 Å². The van der Waals surface area contributed by atoms with Gasteiger partial charge in [0, 0.05) is 39.0 Å². The standard InChI is InChI=1S/C13H18F3N3O3.ClH/c1-21-7-6-17-4-5-18-12(20)10-2-3-11(19-8-10)22-9-13(14,15)16;/h2-3,8,17H,4-7,9H2,1H3,(H,18,20);1H. The van der Waals surface area contributed by atoms with Crippen molar-refractivity contribution in [2.24, 2.45) is 0 Å². The maximum atomic E-state index is 12.0. The highest BCUT2D eigenvalue weighted by molar-refractivity contribution is 5.93. The van der Waals surface area contributed by atoms with Crippen LogP contribution in [0.25, 0.3) is 0 Å². The van der Waals surface area contributed by atoms with Crippen LogP contribution in [0, 0.1) is 0 Å². The van der Waals surface area contributed by atoms with Gasteiger partial charge in [-0.25, -0.2) is 4.98 Å². The number of nitrogens with zero attached hydrogens (tertiary/aromatic N) is 1. The van der Waals surface area contributed by atoms with Gasteiger partial charge in [-0.15, -0.1) is 12.4 Å². The Labute approximate surface area is 138 Å². The topological polar surface area (TPSA) is 72.5 Å². The third-order valence-corrected chi connectivity index (χ3v) is 2.45. The monoisotopic (exact) mass is 357 g/mol. The minimum absolute atomic E-state index is 0. The smallest absolute Gasteiger partial charge is 0.422 e. The van der Waals surface area contributed by atoms with E-state index in [1.54, 1.807) is 7.11 Å². The molecule has 0 saturated carbocycles. The van der Waals surface area contributed by atoms with Crippen molar-refractivity contribution >= 4 is 18.3 Å². The van der Waals surface area contributed by atoms with Crippen molar-refractivity contribution in [3.8, 4) is 5.88 Å². The molecule has 10 heteroatoms. The lowest BCUT2D eigenvalue weighted by molar-refractivity contribution is -0.154. The van der Waals surface area contributed by atoms with Gasteiger partial charge < -0.3 is 20.1 Å². The van der Waals surface area contributed by atoms with Crippen molar-refractivity contribution in [3.63, 3.8) is 0 Å². The van der Waals surface area contributed by atoms with Crippen molar-refractivity contribution < 1.29 is 27.4 Å². The number of amides is 1. The van der Waals surface area contributed by atoms with Gasteiger partial charge in [-0.05, 0) is 6.07 Å². The first-order chi connectivity index (χ1) is 10.4. The van der Waals surface area contributed by atoms with Gasteiger partial charge in [-0.3, -0.25) is 4.79 Å². The Morgan fingerprint density at radius 2 is 2.00 bits per heavy atom. The van der Waals surface area contributed by atoms with Gasteiger partial charge in [-0.2, -0.15) is 13.2 Å². The summed E-state index contributed by atoms with van der Waals surface area (Å²) >= 11 is 0. The number of pyridine rings is 1. The van der Waals surface area contributed by atoms with E-state index in [2.05, 4.69) is 20.4 Å². The first-order valence-corrected chi connectivity index (χ1v) is 6.56. The normalized spacial score (nSPS) is 10.8. The van der Waals surface area contributed by atoms with Crippen LogP contribution in [0.15, 0.2) is 18.3 Å². The quantitative estimate of drug-likeness (QED) is 0.654. The van der Waals surface area contributed by atoms with Crippen molar-refractivity contribution in [3.05, 3.63) is 23.9 Å². The van der Waals surface area contributed by atoms with Crippen LogP contribution in [-0.4, -0.2) is 57.0 Å². The van der Waals surface area contributed by atoms with Gasteiger partial charge in [0.1, 0.15) is 0 Å². The summed E-state index contributed by atoms with van der Waals surface area (Å²) in [6.45, 7) is 0.833. The van der Waals surface area contributed by atoms with E-state index in [0.29, 0.717) is 26.2 Å². The summed E-state index contributed by atoms with van der Waals surface area (Å²) in [5, 5.41) is 5.70. The Balaban J connectivity index is 0.00000484. The first kappa shape index (κ1) is 21.4. The van der Waals surface area contributed by atoms with E-state index in [9.17, 15) is 18.0 Å². The lowest BCUT2D eigenvalue weighted by Gasteiger charge is -2.09. The molecule has 1 amide bonds. The molecule has 0 aliphatic rings. The molecule has 23 heavy (non-hydrogen) atoms. The van der Waals surface area contributed by atoms with E-state index in [4.69, 9.17) is 4.74 Å². The summed E-state index contributed by atoms with van der Waals surface area (Å²) in [5.74, 6) is -0.543. The van der Waals surface area contributed by atoms with Crippen LogP contribution in [0.5, 0.6) is 5.88 Å². The van der Waals surface area contributed by atoms with Gasteiger partial charge in [0.2, 0.25) is 5.88 Å². The molecule has 0 aliphatic carbocycles. The predicted octanol–water partition coefficient (Wildman–Crippen LogP) is 1.41. The maximum absolute atomic E-state index is 12.0. The number of hydrogen-bond donors (Lipinski definition) is 2. The minimum atomic E-state index is -4.42. The number of methoxy groups -OCH3 is 1. The number of hydrogen-bond acceptors (Lipinski definition) is 5. The lowest BCUT2D eigenvalue weighted by Crippen LogP contribution is -2.33. The molecule has 0 fully saturated rings. The van der Waals surface area contributed by atoms with Gasteiger partial charge in [0.25, 0.3) is 5.91 Å². The summed E-state index contributed by atoms with van der Waals surface area (Å²) in [5.41, 5.74) is 0.247. The maximum Gasteiger partial charge on any atom is 0.422 e. The minimum Gasteiger partial charge on any atom is -0.468 e. The van der Waals surface area contributed by atoms with Crippen LogP contribution in [-0.2, 0) is 4.74 Å². The molecule has 1 heterocycles. The summed E-state index contributed by atoms with van der Waals surface area (Å²) < 4.78 is 45.2. The van der Waals surface area contributed by atoms with E-state index < -0.39 is 12.8 Å². The van der Waals surface area contributed by atoms with E-state index in [1.165, 1.54) is 18.3 Å². The Morgan fingerprint density at radius 1 is 1.26 bits per heavy atom. The molecule has 0 unspecified atom stereocenters. The zero-order chi connectivity index (χ0) is 16.4. The number of carbonyl (C=O) groups excluding carboxylic acids is 1. The van der Waals surface area contributed by atoms with Gasteiger partial charge >= 0.3 is 6.18 Å². The summed E-state index contributed by atoms with van der Waals surface area (Å²) in [7, 11) is 1.60. The zero-order valence-corrected chi connectivity index (χ0v) is 13.3. The summed E-state index contributed by atoms with van der Waals surface area (Å²) in [6, 6.07) is 2.57. The molecular weight excluding hydrogens is 339 g/mol. The van der Waals surface area contributed by atoms with Gasteiger partial charge in [0.15, 0.2) is 6.61 Å². The third-order valence-electron chi connectivity index (χ3n) is 2.45. The number of aromatic nitrogens is 1. The Kier molecular flexibility index (Phi) is 10.3. The number of carbonyl (C=O) groups is 1. The van der Waals surface area contributed by atoms with Crippen LogP contribution in [0.1, 0.15) is 10.4 Å². The molecule has 0 bridgehead atoms. The number of ether oxygens (including phenoxy) is 2. The summed E-state index contributed by atoms with van der Waals surface area (Å²) in [4.78, 5) is 15.4. The molecule has 2 N–H and O–H groups in total. The molecule has 1 rings (SSSR count). The van der Waals surface area contributed by atoms with Crippen LogP contribution in [0.4, 0.5) is 13.2 Å². The van der Waals surface area contributed by atoms with E-state index >= 15 is 0 Å². The fourth-order valence-corrected chi connectivity index (χ4v) is 1.42. The molecule has 0 aliphatic heterocycles. The highest BCUT2D eigenvalue weighted by Crippen LogP contribution is 2.16. The largest absolute Gasteiger partial charge is 0.468 e. The second-order valence-electron chi connectivity index (χ2n) is 4.29. The van der Waals surface area contributed by atoms with Crippen LogP contribution >= 0.6 is 12.4 Å². The number of rotatable bonds is 9. The van der Waals surface area contributed by atoms with Gasteiger partial charge in [0.05, 0.1) is 12.2 Å². The average Bonchev–Trinajstić information content (AvgIpc) is 2.48. The van der Waals surface area contributed by atoms with Crippen LogP contribution in [0.2, 0.25) is 0 Å².